The molecule has 34 heavy (non-hydrogen) atoms. The Morgan fingerprint density at radius 1 is 1.00 bits per heavy atom. The molecule has 5 rings (SSSR count). The van der Waals surface area contributed by atoms with Crippen molar-refractivity contribution in [3.05, 3.63) is 93.5 Å². The zero-order valence-corrected chi connectivity index (χ0v) is 20.0. The number of rotatable bonds is 4. The average molecular weight is 511 g/mol. The Morgan fingerprint density at radius 3 is 2.35 bits per heavy atom. The zero-order valence-electron chi connectivity index (χ0n) is 17.7. The lowest BCUT2D eigenvalue weighted by Gasteiger charge is -2.23. The first-order chi connectivity index (χ1) is 16.4. The number of hydrogen-bond acceptors (Lipinski definition) is 6. The van der Waals surface area contributed by atoms with Gasteiger partial charge in [0.15, 0.2) is 5.13 Å². The molecule has 0 bridgehead atoms. The number of aliphatic hydroxyl groups is 1. The van der Waals surface area contributed by atoms with Crippen molar-refractivity contribution < 1.29 is 19.4 Å². The van der Waals surface area contributed by atoms with Crippen LogP contribution in [0.3, 0.4) is 0 Å². The summed E-state index contributed by atoms with van der Waals surface area (Å²) < 4.78 is 5.94. The molecule has 1 aromatic heterocycles. The summed E-state index contributed by atoms with van der Waals surface area (Å²) in [6.07, 6.45) is 0. The molecular formula is C25H16Cl2N2O4S. The van der Waals surface area contributed by atoms with Gasteiger partial charge in [-0.15, -0.1) is 0 Å². The third kappa shape index (κ3) is 3.81. The van der Waals surface area contributed by atoms with Crippen molar-refractivity contribution in [3.63, 3.8) is 0 Å². The molecule has 1 aliphatic heterocycles. The van der Waals surface area contributed by atoms with E-state index in [1.807, 2.05) is 0 Å². The Kier molecular flexibility index (Phi) is 5.77. The molecule has 3 aromatic carbocycles. The van der Waals surface area contributed by atoms with E-state index in [9.17, 15) is 14.7 Å². The lowest BCUT2D eigenvalue weighted by molar-refractivity contribution is -0.132. The van der Waals surface area contributed by atoms with Gasteiger partial charge >= 0.3 is 5.91 Å². The van der Waals surface area contributed by atoms with Crippen LogP contribution >= 0.6 is 34.5 Å². The lowest BCUT2D eigenvalue weighted by Crippen LogP contribution is -2.29. The molecule has 6 nitrogen and oxygen atoms in total. The van der Waals surface area contributed by atoms with Crippen LogP contribution < -0.4 is 9.64 Å². The minimum Gasteiger partial charge on any atom is -0.507 e. The molecule has 1 unspecified atom stereocenters. The molecule has 0 spiro atoms. The molecule has 0 saturated carbocycles. The molecule has 0 radical (unpaired) electrons. The molecule has 170 valence electrons. The number of benzene rings is 3. The second kappa shape index (κ2) is 8.76. The molecule has 0 aliphatic carbocycles. The number of aromatic nitrogens is 1. The number of halogens is 2. The predicted octanol–water partition coefficient (Wildman–Crippen LogP) is 6.24. The number of amides is 1. The van der Waals surface area contributed by atoms with Crippen molar-refractivity contribution in [2.45, 2.75) is 6.04 Å². The second-order valence-corrected chi connectivity index (χ2v) is 9.44. The largest absolute Gasteiger partial charge is 0.507 e. The van der Waals surface area contributed by atoms with Gasteiger partial charge < -0.3 is 9.84 Å². The molecule has 1 atom stereocenters. The van der Waals surface area contributed by atoms with E-state index < -0.39 is 17.7 Å². The third-order valence-corrected chi connectivity index (χ3v) is 7.04. The Morgan fingerprint density at radius 2 is 1.68 bits per heavy atom. The number of thiazole rings is 1. The maximum atomic E-state index is 13.3. The molecule has 1 aliphatic rings. The average Bonchev–Trinajstić information content (AvgIpc) is 3.37. The van der Waals surface area contributed by atoms with Crippen molar-refractivity contribution >= 4 is 67.3 Å². The molecule has 1 N–H and O–H groups in total. The fraction of sp³-hybridized carbons (Fsp3) is 0.0800. The molecule has 1 saturated heterocycles. The normalized spacial score (nSPS) is 17.5. The van der Waals surface area contributed by atoms with E-state index in [-0.39, 0.29) is 11.3 Å². The van der Waals surface area contributed by atoms with E-state index in [2.05, 4.69) is 4.98 Å². The summed E-state index contributed by atoms with van der Waals surface area (Å²) >= 11 is 13.4. The number of ether oxygens (including phenoxy) is 1. The number of Topliss-reactive ketones (excluding diaryl/α,β-unsaturated/α-hetero) is 1. The van der Waals surface area contributed by atoms with Crippen LogP contribution in [-0.4, -0.2) is 28.9 Å². The van der Waals surface area contributed by atoms with Gasteiger partial charge in [0.05, 0.1) is 28.9 Å². The lowest BCUT2D eigenvalue weighted by atomic mass is 9.95. The number of methoxy groups -OCH3 is 1. The summed E-state index contributed by atoms with van der Waals surface area (Å²) in [7, 11) is 1.53. The van der Waals surface area contributed by atoms with Gasteiger partial charge in [-0.1, -0.05) is 46.7 Å². The van der Waals surface area contributed by atoms with E-state index in [1.165, 1.54) is 23.3 Å². The highest BCUT2D eigenvalue weighted by atomic mass is 35.5. The number of nitrogens with zero attached hydrogens (tertiary/aromatic N) is 2. The van der Waals surface area contributed by atoms with E-state index in [0.717, 1.165) is 4.70 Å². The zero-order chi connectivity index (χ0) is 24.0. The van der Waals surface area contributed by atoms with Gasteiger partial charge in [0.2, 0.25) is 0 Å². The van der Waals surface area contributed by atoms with Gasteiger partial charge in [-0.05, 0) is 60.2 Å². The van der Waals surface area contributed by atoms with Gasteiger partial charge in [0, 0.05) is 15.6 Å². The van der Waals surface area contributed by atoms with Crippen LogP contribution in [0, 0.1) is 0 Å². The minimum atomic E-state index is -0.893. The highest BCUT2D eigenvalue weighted by Crippen LogP contribution is 2.44. The summed E-state index contributed by atoms with van der Waals surface area (Å²) in [6, 6.07) is 17.7. The number of carbonyl (C=O) groups excluding carboxylic acids is 2. The number of fused-ring (bicyclic) bond motifs is 1. The minimum absolute atomic E-state index is 0.0326. The smallest absolute Gasteiger partial charge is 0.301 e. The van der Waals surface area contributed by atoms with Gasteiger partial charge in [0.1, 0.15) is 11.5 Å². The molecule has 2 heterocycles. The van der Waals surface area contributed by atoms with Crippen molar-refractivity contribution in [1.82, 2.24) is 4.98 Å². The summed E-state index contributed by atoms with van der Waals surface area (Å²) in [5, 5.41) is 12.6. The fourth-order valence-corrected chi connectivity index (χ4v) is 5.28. The van der Waals surface area contributed by atoms with Gasteiger partial charge in [-0.3, -0.25) is 14.5 Å². The predicted molar refractivity (Wildman–Crippen MR) is 134 cm³/mol. The molecule has 4 aromatic rings. The Hall–Kier alpha value is -3.39. The van der Waals surface area contributed by atoms with Gasteiger partial charge in [-0.25, -0.2) is 4.98 Å². The summed E-state index contributed by atoms with van der Waals surface area (Å²) in [5.74, 6) is -1.27. The summed E-state index contributed by atoms with van der Waals surface area (Å²) in [6.45, 7) is 0. The van der Waals surface area contributed by atoms with Crippen molar-refractivity contribution in [1.29, 1.82) is 0 Å². The van der Waals surface area contributed by atoms with Crippen LogP contribution in [0.15, 0.2) is 72.3 Å². The van der Waals surface area contributed by atoms with Crippen LogP contribution in [0.2, 0.25) is 10.0 Å². The Balaban J connectivity index is 1.71. The van der Waals surface area contributed by atoms with E-state index in [0.29, 0.717) is 37.6 Å². The highest BCUT2D eigenvalue weighted by molar-refractivity contribution is 7.22. The molecular weight excluding hydrogens is 495 g/mol. The van der Waals surface area contributed by atoms with Crippen LogP contribution in [0.5, 0.6) is 5.75 Å². The second-order valence-electron chi connectivity index (χ2n) is 7.56. The van der Waals surface area contributed by atoms with Gasteiger partial charge in [0.25, 0.3) is 5.78 Å². The van der Waals surface area contributed by atoms with Gasteiger partial charge in [-0.2, -0.15) is 0 Å². The maximum absolute atomic E-state index is 13.3. The first kappa shape index (κ1) is 22.4. The van der Waals surface area contributed by atoms with E-state index in [4.69, 9.17) is 27.9 Å². The maximum Gasteiger partial charge on any atom is 0.301 e. The Labute approximate surface area is 208 Å². The third-order valence-electron chi connectivity index (χ3n) is 5.54. The van der Waals surface area contributed by atoms with E-state index in [1.54, 1.807) is 66.7 Å². The van der Waals surface area contributed by atoms with Crippen molar-refractivity contribution in [3.8, 4) is 5.75 Å². The standard InChI is InChI=1S/C25H16Cl2N2O4S/c1-33-17-9-4-14(5-10-17)22(30)20-21(13-2-6-15(26)7-3-13)29(24(32)23(20)31)25-28-18-11-8-16(27)12-19(18)34-25/h2-12,21,30H,1H3/b22-20+. The molecule has 1 fully saturated rings. The Bertz CT molecular complexity index is 1460. The van der Waals surface area contributed by atoms with Crippen molar-refractivity contribution in [2.24, 2.45) is 0 Å². The van der Waals surface area contributed by atoms with E-state index >= 15 is 0 Å². The monoisotopic (exact) mass is 510 g/mol. The summed E-state index contributed by atoms with van der Waals surface area (Å²) in [4.78, 5) is 32.4. The summed E-state index contributed by atoms with van der Waals surface area (Å²) in [5.41, 5.74) is 1.61. The molecule has 1 amide bonds. The van der Waals surface area contributed by atoms with Crippen LogP contribution in [-0.2, 0) is 9.59 Å². The number of carbonyl (C=O) groups is 2. The number of ketones is 1. The molecule has 9 heteroatoms. The topological polar surface area (TPSA) is 79.7 Å². The van der Waals surface area contributed by atoms with Crippen LogP contribution in [0.4, 0.5) is 5.13 Å². The fourth-order valence-electron chi connectivity index (χ4n) is 3.88. The highest BCUT2D eigenvalue weighted by Gasteiger charge is 2.48. The SMILES string of the molecule is COc1ccc(/C(O)=C2\C(=O)C(=O)N(c3nc4ccc(Cl)cc4s3)C2c2ccc(Cl)cc2)cc1. The first-order valence-electron chi connectivity index (χ1n) is 10.1. The quantitative estimate of drug-likeness (QED) is 0.199. The van der Waals surface area contributed by atoms with Crippen LogP contribution in [0.1, 0.15) is 17.2 Å². The van der Waals surface area contributed by atoms with Crippen molar-refractivity contribution in [2.75, 3.05) is 12.0 Å². The first-order valence-corrected chi connectivity index (χ1v) is 11.7. The van der Waals surface area contributed by atoms with Crippen LogP contribution in [0.25, 0.3) is 16.0 Å². The number of hydrogen-bond donors (Lipinski definition) is 1. The number of aliphatic hydroxyl groups excluding tert-OH is 1. The number of anilines is 1.